The summed E-state index contributed by atoms with van der Waals surface area (Å²) < 4.78 is 6.75. The normalized spacial score (nSPS) is 10.2. The Bertz CT molecular complexity index is 639. The van der Waals surface area contributed by atoms with Crippen LogP contribution in [0.2, 0.25) is 5.02 Å². The van der Waals surface area contributed by atoms with Gasteiger partial charge in [0.1, 0.15) is 11.6 Å². The molecule has 6 nitrogen and oxygen atoms in total. The first kappa shape index (κ1) is 14.2. The minimum absolute atomic E-state index is 0.395. The van der Waals surface area contributed by atoms with Crippen LogP contribution >= 0.6 is 11.6 Å². The highest BCUT2D eigenvalue weighted by Crippen LogP contribution is 2.27. The molecular weight excluding hydrogens is 280 g/mol. The maximum absolute atomic E-state index is 12.0. The van der Waals surface area contributed by atoms with Gasteiger partial charge in [-0.05, 0) is 25.1 Å². The first-order valence-electron chi connectivity index (χ1n) is 5.92. The van der Waals surface area contributed by atoms with Crippen molar-refractivity contribution in [3.63, 3.8) is 0 Å². The Balaban J connectivity index is 2.12. The number of benzene rings is 1. The molecule has 7 heteroatoms. The van der Waals surface area contributed by atoms with Gasteiger partial charge < -0.3 is 10.1 Å². The average Bonchev–Trinajstić information content (AvgIpc) is 2.68. The third kappa shape index (κ3) is 3.21. The molecule has 2 N–H and O–H groups in total. The summed E-state index contributed by atoms with van der Waals surface area (Å²) in [5.41, 5.74) is 1.32. The zero-order valence-electron chi connectivity index (χ0n) is 11.4. The fraction of sp³-hybridized carbons (Fsp3) is 0.231. The highest BCUT2D eigenvalue weighted by atomic mass is 35.5. The van der Waals surface area contributed by atoms with Gasteiger partial charge in [0.2, 0.25) is 0 Å². The van der Waals surface area contributed by atoms with Crippen LogP contribution in [-0.2, 0) is 7.05 Å². The number of methoxy groups -OCH3 is 1. The molecule has 0 aliphatic rings. The molecule has 0 unspecified atom stereocenters. The fourth-order valence-corrected chi connectivity index (χ4v) is 1.95. The Hall–Kier alpha value is -2.21. The van der Waals surface area contributed by atoms with E-state index in [1.54, 1.807) is 36.0 Å². The number of rotatable bonds is 3. The maximum atomic E-state index is 12.0. The average molecular weight is 295 g/mol. The van der Waals surface area contributed by atoms with E-state index >= 15 is 0 Å². The van der Waals surface area contributed by atoms with Crippen LogP contribution in [0.1, 0.15) is 5.69 Å². The number of aromatic nitrogens is 2. The molecule has 0 fully saturated rings. The molecule has 20 heavy (non-hydrogen) atoms. The number of nitrogens with zero attached hydrogens (tertiary/aromatic N) is 2. The fourth-order valence-electron chi connectivity index (χ4n) is 1.78. The van der Waals surface area contributed by atoms with Crippen LogP contribution in [0.25, 0.3) is 0 Å². The summed E-state index contributed by atoms with van der Waals surface area (Å²) in [6.45, 7) is 1.85. The zero-order valence-corrected chi connectivity index (χ0v) is 12.2. The summed E-state index contributed by atoms with van der Waals surface area (Å²) in [7, 11) is 3.28. The van der Waals surface area contributed by atoms with Crippen molar-refractivity contribution in [3.05, 3.63) is 35.0 Å². The Labute approximate surface area is 121 Å². The number of urea groups is 1. The number of carbonyl (C=O) groups excluding carboxylic acids is 1. The van der Waals surface area contributed by atoms with Crippen LogP contribution in [0, 0.1) is 6.92 Å². The van der Waals surface area contributed by atoms with E-state index in [0.29, 0.717) is 22.3 Å². The van der Waals surface area contributed by atoms with E-state index in [4.69, 9.17) is 16.3 Å². The van der Waals surface area contributed by atoms with Gasteiger partial charge in [-0.25, -0.2) is 4.79 Å². The number of amides is 2. The molecule has 0 radical (unpaired) electrons. The van der Waals surface area contributed by atoms with Crippen LogP contribution < -0.4 is 15.4 Å². The number of halogens is 1. The van der Waals surface area contributed by atoms with Gasteiger partial charge >= 0.3 is 6.03 Å². The van der Waals surface area contributed by atoms with E-state index < -0.39 is 6.03 Å². The summed E-state index contributed by atoms with van der Waals surface area (Å²) in [6, 6.07) is 6.37. The van der Waals surface area contributed by atoms with Crippen molar-refractivity contribution < 1.29 is 9.53 Å². The van der Waals surface area contributed by atoms with Crippen molar-refractivity contribution in [2.24, 2.45) is 7.05 Å². The predicted octanol–water partition coefficient (Wildman–Crippen LogP) is 3.03. The summed E-state index contributed by atoms with van der Waals surface area (Å²) in [5.74, 6) is 1.13. The Kier molecular flexibility index (Phi) is 4.14. The molecule has 0 bridgehead atoms. The number of hydrogen-bond acceptors (Lipinski definition) is 3. The van der Waals surface area contributed by atoms with Crippen LogP contribution in [0.15, 0.2) is 24.3 Å². The second-order valence-electron chi connectivity index (χ2n) is 4.22. The lowest BCUT2D eigenvalue weighted by molar-refractivity contribution is 0.262. The topological polar surface area (TPSA) is 68.2 Å². The molecule has 2 amide bonds. The molecule has 0 aliphatic carbocycles. The smallest absolute Gasteiger partial charge is 0.324 e. The monoisotopic (exact) mass is 294 g/mol. The largest absolute Gasteiger partial charge is 0.495 e. The predicted molar refractivity (Wildman–Crippen MR) is 78.6 cm³/mol. The van der Waals surface area contributed by atoms with Gasteiger partial charge in [0.05, 0.1) is 18.5 Å². The van der Waals surface area contributed by atoms with Crippen LogP contribution in [0.5, 0.6) is 5.75 Å². The van der Waals surface area contributed by atoms with Crippen LogP contribution in [0.3, 0.4) is 0 Å². The van der Waals surface area contributed by atoms with Crippen molar-refractivity contribution in [1.82, 2.24) is 9.78 Å². The minimum Gasteiger partial charge on any atom is -0.495 e. The van der Waals surface area contributed by atoms with Gasteiger partial charge in [0, 0.05) is 18.1 Å². The Morgan fingerprint density at radius 2 is 2.10 bits per heavy atom. The summed E-state index contributed by atoms with van der Waals surface area (Å²) in [4.78, 5) is 12.0. The first-order valence-corrected chi connectivity index (χ1v) is 6.29. The van der Waals surface area contributed by atoms with Gasteiger partial charge in [-0.2, -0.15) is 5.10 Å². The Morgan fingerprint density at radius 1 is 1.35 bits per heavy atom. The lowest BCUT2D eigenvalue weighted by atomic mass is 10.3. The maximum Gasteiger partial charge on any atom is 0.324 e. The van der Waals surface area contributed by atoms with Crippen molar-refractivity contribution in [2.75, 3.05) is 17.7 Å². The van der Waals surface area contributed by atoms with Gasteiger partial charge in [-0.1, -0.05) is 11.6 Å². The van der Waals surface area contributed by atoms with Crippen molar-refractivity contribution in [2.45, 2.75) is 6.92 Å². The van der Waals surface area contributed by atoms with Crippen LogP contribution in [0.4, 0.5) is 16.3 Å². The minimum atomic E-state index is -0.395. The standard InChI is InChI=1S/C13H15ClN4O2/c1-8-6-12(18(2)17-8)16-13(19)15-10-7-9(14)4-5-11(10)20-3/h4-7H,1-3H3,(H2,15,16,19). The van der Waals surface area contributed by atoms with E-state index in [1.807, 2.05) is 6.92 Å². The molecule has 0 saturated carbocycles. The van der Waals surface area contributed by atoms with Gasteiger partial charge in [0.25, 0.3) is 0 Å². The lowest BCUT2D eigenvalue weighted by Crippen LogP contribution is -2.21. The lowest BCUT2D eigenvalue weighted by Gasteiger charge is -2.11. The molecule has 1 aromatic carbocycles. The number of ether oxygens (including phenoxy) is 1. The number of carbonyl (C=O) groups is 1. The zero-order chi connectivity index (χ0) is 14.7. The SMILES string of the molecule is COc1ccc(Cl)cc1NC(=O)Nc1cc(C)nn1C. The molecule has 2 aromatic rings. The number of aryl methyl sites for hydroxylation is 2. The molecule has 2 rings (SSSR count). The van der Waals surface area contributed by atoms with E-state index in [9.17, 15) is 4.79 Å². The van der Waals surface area contributed by atoms with Crippen molar-refractivity contribution in [3.8, 4) is 5.75 Å². The second kappa shape index (κ2) is 5.83. The Morgan fingerprint density at radius 3 is 2.70 bits per heavy atom. The summed E-state index contributed by atoms with van der Waals surface area (Å²) in [6.07, 6.45) is 0. The van der Waals surface area contributed by atoms with E-state index in [-0.39, 0.29) is 0 Å². The van der Waals surface area contributed by atoms with Crippen molar-refractivity contribution in [1.29, 1.82) is 0 Å². The highest BCUT2D eigenvalue weighted by molar-refractivity contribution is 6.31. The van der Waals surface area contributed by atoms with Gasteiger partial charge in [-0.3, -0.25) is 10.00 Å². The first-order chi connectivity index (χ1) is 9.49. The molecule has 0 aliphatic heterocycles. The number of nitrogens with one attached hydrogen (secondary N) is 2. The molecule has 0 saturated heterocycles. The second-order valence-corrected chi connectivity index (χ2v) is 4.65. The molecular formula is C13H15ClN4O2. The van der Waals surface area contributed by atoms with E-state index in [1.165, 1.54) is 7.11 Å². The van der Waals surface area contributed by atoms with Crippen LogP contribution in [-0.4, -0.2) is 22.9 Å². The third-order valence-electron chi connectivity index (χ3n) is 2.65. The molecule has 1 aromatic heterocycles. The van der Waals surface area contributed by atoms with Crippen molar-refractivity contribution >= 4 is 29.1 Å². The van der Waals surface area contributed by atoms with E-state index in [0.717, 1.165) is 5.69 Å². The summed E-state index contributed by atoms with van der Waals surface area (Å²) in [5, 5.41) is 10.0. The van der Waals surface area contributed by atoms with Gasteiger partial charge in [-0.15, -0.1) is 0 Å². The van der Waals surface area contributed by atoms with Gasteiger partial charge in [0.15, 0.2) is 0 Å². The third-order valence-corrected chi connectivity index (χ3v) is 2.89. The number of anilines is 2. The van der Waals surface area contributed by atoms with E-state index in [2.05, 4.69) is 15.7 Å². The quantitative estimate of drug-likeness (QED) is 0.914. The molecule has 0 spiro atoms. The molecule has 1 heterocycles. The molecule has 0 atom stereocenters. The number of hydrogen-bond donors (Lipinski definition) is 2. The highest BCUT2D eigenvalue weighted by Gasteiger charge is 2.10. The molecule has 106 valence electrons. The summed E-state index contributed by atoms with van der Waals surface area (Å²) >= 11 is 5.90.